The highest BCUT2D eigenvalue weighted by atomic mass is 15.1. The summed E-state index contributed by atoms with van der Waals surface area (Å²) >= 11 is 0. The predicted octanol–water partition coefficient (Wildman–Crippen LogP) is 1.74. The van der Waals surface area contributed by atoms with Crippen molar-refractivity contribution >= 4 is 0 Å². The van der Waals surface area contributed by atoms with Gasteiger partial charge in [0.25, 0.3) is 0 Å². The summed E-state index contributed by atoms with van der Waals surface area (Å²) in [7, 11) is 2.22. The molecule has 0 aromatic carbocycles. The molecule has 0 bridgehead atoms. The van der Waals surface area contributed by atoms with Gasteiger partial charge in [-0.3, -0.25) is 0 Å². The van der Waals surface area contributed by atoms with E-state index in [0.717, 1.165) is 12.0 Å². The van der Waals surface area contributed by atoms with Gasteiger partial charge in [-0.2, -0.15) is 0 Å². The molecule has 0 aromatic rings. The van der Waals surface area contributed by atoms with Gasteiger partial charge in [-0.1, -0.05) is 6.92 Å². The minimum Gasteiger partial charge on any atom is -0.303 e. The van der Waals surface area contributed by atoms with Crippen molar-refractivity contribution in [3.8, 4) is 0 Å². The molecule has 0 aliphatic carbocycles. The van der Waals surface area contributed by atoms with Crippen LogP contribution in [-0.4, -0.2) is 24.5 Å². The van der Waals surface area contributed by atoms with E-state index in [9.17, 15) is 0 Å². The van der Waals surface area contributed by atoms with Crippen molar-refractivity contribution in [1.29, 1.82) is 0 Å². The maximum Gasteiger partial charge on any atom is 0.00641 e. The van der Waals surface area contributed by atoms with Crippen LogP contribution < -0.4 is 0 Å². The normalized spacial score (nSPS) is 39.0. The fourth-order valence-electron chi connectivity index (χ4n) is 1.51. The van der Waals surface area contributed by atoms with Gasteiger partial charge < -0.3 is 4.90 Å². The van der Waals surface area contributed by atoms with E-state index in [1.54, 1.807) is 0 Å². The monoisotopic (exact) mass is 127 g/mol. The molecule has 1 fully saturated rings. The van der Waals surface area contributed by atoms with Gasteiger partial charge in [0.2, 0.25) is 0 Å². The van der Waals surface area contributed by atoms with Crippen LogP contribution in [-0.2, 0) is 0 Å². The molecule has 0 N–H and O–H groups in total. The Balaban J connectivity index is 2.35. The second kappa shape index (κ2) is 2.70. The fraction of sp³-hybridized carbons (Fsp3) is 1.00. The molecule has 0 radical (unpaired) electrons. The molecular formula is C8H17N. The van der Waals surface area contributed by atoms with Crippen molar-refractivity contribution in [1.82, 2.24) is 4.90 Å². The first-order chi connectivity index (χ1) is 4.20. The highest BCUT2D eigenvalue weighted by Crippen LogP contribution is 2.18. The van der Waals surface area contributed by atoms with Crippen LogP contribution >= 0.6 is 0 Å². The van der Waals surface area contributed by atoms with E-state index < -0.39 is 0 Å². The number of hydrogen-bond donors (Lipinski definition) is 0. The minimum atomic E-state index is 0.821. The summed E-state index contributed by atoms with van der Waals surface area (Å²) in [6, 6.07) is 0.821. The fourth-order valence-corrected chi connectivity index (χ4v) is 1.51. The Morgan fingerprint density at radius 1 is 1.22 bits per heavy atom. The molecule has 1 nitrogen and oxygen atoms in total. The lowest BCUT2D eigenvalue weighted by Gasteiger charge is -2.33. The third kappa shape index (κ3) is 1.68. The molecule has 1 aliphatic rings. The Kier molecular flexibility index (Phi) is 2.12. The second-order valence-electron chi connectivity index (χ2n) is 3.47. The van der Waals surface area contributed by atoms with E-state index in [4.69, 9.17) is 0 Å². The van der Waals surface area contributed by atoms with Crippen molar-refractivity contribution < 1.29 is 0 Å². The van der Waals surface area contributed by atoms with Crippen LogP contribution in [0.3, 0.4) is 0 Å². The van der Waals surface area contributed by atoms with Crippen molar-refractivity contribution in [2.24, 2.45) is 5.92 Å². The highest BCUT2D eigenvalue weighted by molar-refractivity contribution is 4.73. The number of hydrogen-bond acceptors (Lipinski definition) is 1. The van der Waals surface area contributed by atoms with Crippen LogP contribution in [0.2, 0.25) is 0 Å². The maximum absolute atomic E-state index is 2.45. The van der Waals surface area contributed by atoms with Crippen molar-refractivity contribution in [2.75, 3.05) is 13.6 Å². The number of likely N-dealkylation sites (tertiary alicyclic amines) is 1. The van der Waals surface area contributed by atoms with Crippen LogP contribution in [0.1, 0.15) is 26.7 Å². The maximum atomic E-state index is 2.45. The van der Waals surface area contributed by atoms with Crippen molar-refractivity contribution in [3.05, 3.63) is 0 Å². The largest absolute Gasteiger partial charge is 0.303 e. The van der Waals surface area contributed by atoms with Crippen molar-refractivity contribution in [2.45, 2.75) is 32.7 Å². The molecule has 0 saturated carbocycles. The van der Waals surface area contributed by atoms with Gasteiger partial charge in [-0.25, -0.2) is 0 Å². The summed E-state index contributed by atoms with van der Waals surface area (Å²) in [5.74, 6) is 0.922. The van der Waals surface area contributed by atoms with Gasteiger partial charge in [0.05, 0.1) is 0 Å². The predicted molar refractivity (Wildman–Crippen MR) is 40.5 cm³/mol. The van der Waals surface area contributed by atoms with E-state index in [1.807, 2.05) is 0 Å². The van der Waals surface area contributed by atoms with Crippen LogP contribution in [0.4, 0.5) is 0 Å². The van der Waals surface area contributed by atoms with Crippen LogP contribution in [0.15, 0.2) is 0 Å². The smallest absolute Gasteiger partial charge is 0.00641 e. The summed E-state index contributed by atoms with van der Waals surface area (Å²) in [5, 5.41) is 0. The third-order valence-electron chi connectivity index (χ3n) is 2.43. The quantitative estimate of drug-likeness (QED) is 0.479. The van der Waals surface area contributed by atoms with E-state index >= 15 is 0 Å². The Morgan fingerprint density at radius 3 is 2.33 bits per heavy atom. The average Bonchev–Trinajstić information content (AvgIpc) is 1.80. The summed E-state index contributed by atoms with van der Waals surface area (Å²) in [5.41, 5.74) is 0. The van der Waals surface area contributed by atoms with E-state index in [1.165, 1.54) is 19.4 Å². The number of nitrogens with zero attached hydrogens (tertiary/aromatic N) is 1. The Labute approximate surface area is 58.0 Å². The van der Waals surface area contributed by atoms with Crippen LogP contribution in [0.25, 0.3) is 0 Å². The topological polar surface area (TPSA) is 3.24 Å². The Hall–Kier alpha value is -0.0400. The lowest BCUT2D eigenvalue weighted by atomic mass is 9.96. The molecule has 1 rings (SSSR count). The minimum absolute atomic E-state index is 0.821. The zero-order valence-electron chi connectivity index (χ0n) is 6.72. The average molecular weight is 127 g/mol. The molecule has 2 unspecified atom stereocenters. The molecular weight excluding hydrogens is 110 g/mol. The second-order valence-corrected chi connectivity index (χ2v) is 3.47. The van der Waals surface area contributed by atoms with Gasteiger partial charge in [0.15, 0.2) is 0 Å². The zero-order chi connectivity index (χ0) is 6.85. The molecule has 54 valence electrons. The Morgan fingerprint density at radius 2 is 1.89 bits per heavy atom. The SMILES string of the molecule is CC1CCC(C)N(C)C1. The highest BCUT2D eigenvalue weighted by Gasteiger charge is 2.18. The summed E-state index contributed by atoms with van der Waals surface area (Å²) in [6.45, 7) is 5.94. The lowest BCUT2D eigenvalue weighted by molar-refractivity contribution is 0.158. The first-order valence-corrected chi connectivity index (χ1v) is 3.90. The Bertz CT molecular complexity index is 90.6. The van der Waals surface area contributed by atoms with E-state index in [0.29, 0.717) is 0 Å². The zero-order valence-corrected chi connectivity index (χ0v) is 6.72. The van der Waals surface area contributed by atoms with Gasteiger partial charge in [0.1, 0.15) is 0 Å². The van der Waals surface area contributed by atoms with Gasteiger partial charge in [0, 0.05) is 12.6 Å². The molecule has 1 aliphatic heterocycles. The number of piperidine rings is 1. The molecule has 0 amide bonds. The number of rotatable bonds is 0. The third-order valence-corrected chi connectivity index (χ3v) is 2.43. The van der Waals surface area contributed by atoms with E-state index in [-0.39, 0.29) is 0 Å². The molecule has 0 spiro atoms. The standard InChI is InChI=1S/C8H17N/c1-7-4-5-8(2)9(3)6-7/h7-8H,4-6H2,1-3H3. The summed E-state index contributed by atoms with van der Waals surface area (Å²) < 4.78 is 0. The van der Waals surface area contributed by atoms with Gasteiger partial charge in [-0.05, 0) is 32.7 Å². The first-order valence-electron chi connectivity index (χ1n) is 3.90. The van der Waals surface area contributed by atoms with Gasteiger partial charge in [-0.15, -0.1) is 0 Å². The molecule has 1 heterocycles. The van der Waals surface area contributed by atoms with Crippen LogP contribution in [0, 0.1) is 5.92 Å². The molecule has 0 aromatic heterocycles. The molecule has 1 saturated heterocycles. The van der Waals surface area contributed by atoms with Crippen molar-refractivity contribution in [3.63, 3.8) is 0 Å². The summed E-state index contributed by atoms with van der Waals surface area (Å²) in [6.07, 6.45) is 2.81. The summed E-state index contributed by atoms with van der Waals surface area (Å²) in [4.78, 5) is 2.45. The molecule has 2 atom stereocenters. The first kappa shape index (κ1) is 7.07. The molecule has 1 heteroatoms. The van der Waals surface area contributed by atoms with E-state index in [2.05, 4.69) is 25.8 Å². The lowest BCUT2D eigenvalue weighted by Crippen LogP contribution is -2.37. The molecule has 9 heavy (non-hydrogen) atoms. The van der Waals surface area contributed by atoms with Gasteiger partial charge >= 0.3 is 0 Å². The van der Waals surface area contributed by atoms with Crippen LogP contribution in [0.5, 0.6) is 0 Å².